The molecule has 0 radical (unpaired) electrons. The molecule has 10 heteroatoms. The van der Waals surface area contributed by atoms with Crippen LogP contribution in [0, 0.1) is 5.41 Å². The number of nitrogens with zero attached hydrogens (tertiary/aromatic N) is 4. The van der Waals surface area contributed by atoms with Gasteiger partial charge in [-0.15, -0.1) is 0 Å². The Kier molecular flexibility index (Phi) is 5.00. The van der Waals surface area contributed by atoms with Gasteiger partial charge in [0.25, 0.3) is 0 Å². The molecule has 35 heavy (non-hydrogen) atoms. The van der Waals surface area contributed by atoms with Crippen LogP contribution in [0.2, 0.25) is 0 Å². The van der Waals surface area contributed by atoms with Crippen LogP contribution < -0.4 is 10.1 Å². The maximum absolute atomic E-state index is 13.6. The van der Waals surface area contributed by atoms with Gasteiger partial charge in [0.1, 0.15) is 35.4 Å². The number of amides is 2. The number of aromatic nitrogens is 3. The number of nitrogens with one attached hydrogen (secondary N) is 1. The number of Topliss-reactive ketones (excluding diaryl/α,β-unsaturated/α-hetero) is 1. The van der Waals surface area contributed by atoms with Gasteiger partial charge in [0, 0.05) is 35.4 Å². The molecule has 3 aromatic rings. The third-order valence-electron chi connectivity index (χ3n) is 7.39. The van der Waals surface area contributed by atoms with Crippen molar-refractivity contribution in [3.05, 3.63) is 46.2 Å². The van der Waals surface area contributed by atoms with Crippen molar-refractivity contribution < 1.29 is 19.1 Å². The lowest BCUT2D eigenvalue weighted by Gasteiger charge is -2.27. The largest absolute Gasteiger partial charge is 0.491 e. The number of hydrogen-bond donors (Lipinski definition) is 1. The molecular formula is C25H24BrN5O4. The summed E-state index contributed by atoms with van der Waals surface area (Å²) >= 11 is 3.53. The van der Waals surface area contributed by atoms with Crippen molar-refractivity contribution >= 4 is 50.2 Å². The Labute approximate surface area is 209 Å². The minimum absolute atomic E-state index is 0.0136. The SMILES string of the molecule is CC(=O)c1nn2c3c(cccc13)OCCc1cc(ncc1Br)NC(=O)[C@@H]1C[C@@]3(C)C[C@H]3N1C(=O)C2. The van der Waals surface area contributed by atoms with Gasteiger partial charge in [0.2, 0.25) is 11.8 Å². The number of pyridine rings is 1. The van der Waals surface area contributed by atoms with Gasteiger partial charge in [-0.2, -0.15) is 5.10 Å². The lowest BCUT2D eigenvalue weighted by atomic mass is 10.0. The number of rotatable bonds is 1. The highest BCUT2D eigenvalue weighted by atomic mass is 79.9. The van der Waals surface area contributed by atoms with Crippen molar-refractivity contribution in [1.82, 2.24) is 19.7 Å². The van der Waals surface area contributed by atoms with E-state index in [0.717, 1.165) is 16.5 Å². The first-order valence-corrected chi connectivity index (χ1v) is 12.4. The van der Waals surface area contributed by atoms with E-state index in [1.54, 1.807) is 15.8 Å². The van der Waals surface area contributed by atoms with E-state index in [1.165, 1.54) is 6.92 Å². The average Bonchev–Trinajstić information content (AvgIpc) is 3.17. The topological polar surface area (TPSA) is 106 Å². The zero-order valence-electron chi connectivity index (χ0n) is 19.4. The van der Waals surface area contributed by atoms with Crippen molar-refractivity contribution in [2.24, 2.45) is 5.41 Å². The lowest BCUT2D eigenvalue weighted by molar-refractivity contribution is -0.138. The van der Waals surface area contributed by atoms with Crippen LogP contribution in [0.1, 0.15) is 42.7 Å². The van der Waals surface area contributed by atoms with Crippen molar-refractivity contribution in [2.45, 2.75) is 51.7 Å². The molecular weight excluding hydrogens is 514 g/mol. The van der Waals surface area contributed by atoms with Crippen molar-refractivity contribution in [2.75, 3.05) is 11.9 Å². The Morgan fingerprint density at radius 3 is 2.91 bits per heavy atom. The number of halogens is 1. The van der Waals surface area contributed by atoms with Crippen LogP contribution in [0.25, 0.3) is 10.9 Å². The lowest BCUT2D eigenvalue weighted by Crippen LogP contribution is -2.46. The normalized spacial score (nSPS) is 25.7. The summed E-state index contributed by atoms with van der Waals surface area (Å²) < 4.78 is 8.51. The Morgan fingerprint density at radius 1 is 1.29 bits per heavy atom. The maximum Gasteiger partial charge on any atom is 0.248 e. The van der Waals surface area contributed by atoms with Gasteiger partial charge < -0.3 is 15.0 Å². The van der Waals surface area contributed by atoms with Crippen molar-refractivity contribution in [1.29, 1.82) is 0 Å². The molecule has 1 aromatic carbocycles. The highest BCUT2D eigenvalue weighted by molar-refractivity contribution is 9.10. The van der Waals surface area contributed by atoms with Crippen molar-refractivity contribution in [3.63, 3.8) is 0 Å². The van der Waals surface area contributed by atoms with Crippen LogP contribution in [-0.2, 0) is 22.6 Å². The average molecular weight is 538 g/mol. The van der Waals surface area contributed by atoms with Crippen LogP contribution >= 0.6 is 15.9 Å². The highest BCUT2D eigenvalue weighted by Crippen LogP contribution is 2.59. The van der Waals surface area contributed by atoms with E-state index < -0.39 is 6.04 Å². The van der Waals surface area contributed by atoms with Crippen LogP contribution in [0.15, 0.2) is 34.9 Å². The maximum atomic E-state index is 13.6. The summed E-state index contributed by atoms with van der Waals surface area (Å²) in [5.41, 5.74) is 1.78. The zero-order chi connectivity index (χ0) is 24.5. The Bertz CT molecular complexity index is 1420. The summed E-state index contributed by atoms with van der Waals surface area (Å²) in [6.07, 6.45) is 3.70. The number of fused-ring (bicyclic) bond motifs is 5. The van der Waals surface area contributed by atoms with Gasteiger partial charge in [0.05, 0.1) is 6.61 Å². The van der Waals surface area contributed by atoms with Gasteiger partial charge in [-0.1, -0.05) is 19.1 Å². The Balaban J connectivity index is 1.48. The number of anilines is 1. The fraction of sp³-hybridized carbons (Fsp3) is 0.400. The molecule has 1 saturated heterocycles. The van der Waals surface area contributed by atoms with Gasteiger partial charge in [-0.3, -0.25) is 19.1 Å². The summed E-state index contributed by atoms with van der Waals surface area (Å²) in [6.45, 7) is 3.84. The highest BCUT2D eigenvalue weighted by Gasteiger charge is 2.64. The fourth-order valence-electron chi connectivity index (χ4n) is 5.49. The molecule has 2 fully saturated rings. The molecule has 180 valence electrons. The van der Waals surface area contributed by atoms with E-state index in [2.05, 4.69) is 38.3 Å². The van der Waals surface area contributed by atoms with E-state index in [9.17, 15) is 14.4 Å². The first-order chi connectivity index (χ1) is 16.7. The van der Waals surface area contributed by atoms with E-state index in [1.807, 2.05) is 24.3 Å². The number of benzene rings is 1. The summed E-state index contributed by atoms with van der Waals surface area (Å²) in [4.78, 5) is 45.3. The summed E-state index contributed by atoms with van der Waals surface area (Å²) in [5.74, 6) is 0.370. The number of ether oxygens (including phenoxy) is 1. The number of para-hydroxylation sites is 1. The quantitative estimate of drug-likeness (QED) is 0.477. The molecule has 1 aliphatic carbocycles. The Hall–Kier alpha value is -3.27. The fourth-order valence-corrected chi connectivity index (χ4v) is 5.90. The smallest absolute Gasteiger partial charge is 0.248 e. The first kappa shape index (κ1) is 22.2. The minimum atomic E-state index is -0.588. The van der Waals surface area contributed by atoms with Crippen LogP contribution in [0.4, 0.5) is 5.82 Å². The first-order valence-electron chi connectivity index (χ1n) is 11.6. The second kappa shape index (κ2) is 7.87. The molecule has 1 saturated carbocycles. The number of piperidine rings is 1. The van der Waals surface area contributed by atoms with Gasteiger partial charge >= 0.3 is 0 Å². The van der Waals surface area contributed by atoms with E-state index in [-0.39, 0.29) is 35.6 Å². The molecule has 3 atom stereocenters. The summed E-state index contributed by atoms with van der Waals surface area (Å²) in [7, 11) is 0. The van der Waals surface area contributed by atoms with Gasteiger partial charge in [0.15, 0.2) is 5.78 Å². The van der Waals surface area contributed by atoms with Gasteiger partial charge in [-0.25, -0.2) is 4.98 Å². The molecule has 2 aliphatic heterocycles. The number of hydrogen-bond acceptors (Lipinski definition) is 6. The number of carbonyl (C=O) groups is 3. The molecule has 9 nitrogen and oxygen atoms in total. The predicted octanol–water partition coefficient (Wildman–Crippen LogP) is 3.35. The molecule has 4 heterocycles. The monoisotopic (exact) mass is 537 g/mol. The molecule has 1 N–H and O–H groups in total. The molecule has 0 unspecified atom stereocenters. The standard InChI is InChI=1S/C25H24BrN5O4/c1-13(32)22-15-4-3-5-18-23(15)30(29-22)12-21(33)31-17(9-25(2)10-19(25)31)24(34)28-20-8-14(6-7-35-18)16(26)11-27-20/h3-5,8,11,17,19H,6-7,9-10,12H2,1-2H3,(H,27,28,34)/t17-,19+,25-/m0/s1. The second-order valence-electron chi connectivity index (χ2n) is 9.86. The minimum Gasteiger partial charge on any atom is -0.491 e. The zero-order valence-corrected chi connectivity index (χ0v) is 21.0. The van der Waals surface area contributed by atoms with E-state index in [0.29, 0.717) is 47.6 Å². The van der Waals surface area contributed by atoms with Crippen molar-refractivity contribution in [3.8, 4) is 5.75 Å². The Morgan fingerprint density at radius 2 is 2.11 bits per heavy atom. The molecule has 2 aromatic heterocycles. The molecule has 2 bridgehead atoms. The van der Waals surface area contributed by atoms with E-state index in [4.69, 9.17) is 4.74 Å². The number of ketones is 1. The van der Waals surface area contributed by atoms with Crippen LogP contribution in [-0.4, -0.2) is 56.0 Å². The molecule has 2 amide bonds. The molecule has 0 spiro atoms. The van der Waals surface area contributed by atoms with E-state index >= 15 is 0 Å². The van der Waals surface area contributed by atoms with Gasteiger partial charge in [-0.05, 0) is 51.9 Å². The van der Waals surface area contributed by atoms with Crippen LogP contribution in [0.5, 0.6) is 5.75 Å². The summed E-state index contributed by atoms with van der Waals surface area (Å²) in [6, 6.07) is 6.71. The number of carbonyl (C=O) groups excluding carboxylic acids is 3. The predicted molar refractivity (Wildman–Crippen MR) is 131 cm³/mol. The molecule has 6 rings (SSSR count). The second-order valence-corrected chi connectivity index (χ2v) is 10.7. The van der Waals surface area contributed by atoms with Crippen LogP contribution in [0.3, 0.4) is 0 Å². The third kappa shape index (κ3) is 3.62. The molecule has 3 aliphatic rings. The third-order valence-corrected chi connectivity index (χ3v) is 8.11. The summed E-state index contributed by atoms with van der Waals surface area (Å²) in [5, 5.41) is 8.06.